The van der Waals surface area contributed by atoms with Crippen molar-refractivity contribution < 1.29 is 58.1 Å². The number of β-amino-alcohol motifs (C(OH)–C–C–N with tert-alkyl or cyclic N) is 1. The van der Waals surface area contributed by atoms with Gasteiger partial charge in [-0.3, -0.25) is 29.1 Å². The number of ether oxygens (including phenoxy) is 6. The van der Waals surface area contributed by atoms with Crippen molar-refractivity contribution in [2.45, 2.75) is 95.6 Å². The summed E-state index contributed by atoms with van der Waals surface area (Å²) < 4.78 is 35.8. The van der Waals surface area contributed by atoms with E-state index in [0.717, 1.165) is 12.1 Å². The first-order valence-electron chi connectivity index (χ1n) is 20.4. The molecular formula is C41H64N4O12Si2. The minimum atomic E-state index is -1.40. The van der Waals surface area contributed by atoms with Crippen molar-refractivity contribution in [2.24, 2.45) is 0 Å². The summed E-state index contributed by atoms with van der Waals surface area (Å²) in [6.07, 6.45) is -2.17. The predicted octanol–water partition coefficient (Wildman–Crippen LogP) is 4.12. The van der Waals surface area contributed by atoms with Crippen LogP contribution in [0.15, 0.2) is 24.3 Å². The summed E-state index contributed by atoms with van der Waals surface area (Å²) >= 11 is 0. The molecule has 5 rings (SSSR count). The molecule has 3 heterocycles. The van der Waals surface area contributed by atoms with Gasteiger partial charge in [0.25, 0.3) is 5.91 Å². The number of methoxy groups -OCH3 is 2. The molecule has 16 nitrogen and oxygen atoms in total. The minimum absolute atomic E-state index is 0.0194. The van der Waals surface area contributed by atoms with E-state index in [1.54, 1.807) is 36.1 Å². The highest BCUT2D eigenvalue weighted by atomic mass is 28.3. The average Bonchev–Trinajstić information content (AvgIpc) is 3.50. The van der Waals surface area contributed by atoms with Crippen molar-refractivity contribution >= 4 is 45.2 Å². The van der Waals surface area contributed by atoms with Crippen LogP contribution in [-0.4, -0.2) is 151 Å². The van der Waals surface area contributed by atoms with Crippen molar-refractivity contribution in [1.29, 1.82) is 0 Å². The van der Waals surface area contributed by atoms with Gasteiger partial charge < -0.3 is 48.6 Å². The van der Waals surface area contributed by atoms with E-state index in [0.29, 0.717) is 59.6 Å². The van der Waals surface area contributed by atoms with E-state index in [9.17, 15) is 29.7 Å². The van der Waals surface area contributed by atoms with Crippen molar-refractivity contribution in [3.05, 3.63) is 35.4 Å². The molecule has 3 aliphatic heterocycles. The molecule has 3 N–H and O–H groups in total. The number of rotatable bonds is 20. The molecule has 4 atom stereocenters. The number of carbonyl (C=O) groups is 3. The maximum atomic E-state index is 14.0. The topological polar surface area (TPSA) is 180 Å². The van der Waals surface area contributed by atoms with Crippen molar-refractivity contribution in [2.75, 3.05) is 83.5 Å². The third-order valence-electron chi connectivity index (χ3n) is 10.5. The molecule has 0 bridgehead atoms. The number of nitrogens with zero attached hydrogens (tertiary/aromatic N) is 4. The molecule has 1 unspecified atom stereocenters. The molecule has 2 aromatic carbocycles. The quantitative estimate of drug-likeness (QED) is 0.128. The van der Waals surface area contributed by atoms with Crippen molar-refractivity contribution in [1.82, 2.24) is 9.80 Å². The number of anilines is 2. The van der Waals surface area contributed by atoms with E-state index in [1.165, 1.54) is 28.9 Å². The summed E-state index contributed by atoms with van der Waals surface area (Å²) in [5, 5.41) is 32.1. The van der Waals surface area contributed by atoms with Gasteiger partial charge in [-0.15, -0.1) is 0 Å². The zero-order valence-corrected chi connectivity index (χ0v) is 38.1. The molecule has 0 radical (unpaired) electrons. The Bertz CT molecular complexity index is 1800. The number of hydrogen-bond donors (Lipinski definition) is 3. The number of carbonyl (C=O) groups excluding carboxylic acids is 3. The van der Waals surface area contributed by atoms with Gasteiger partial charge in [0.1, 0.15) is 26.2 Å². The smallest absolute Gasteiger partial charge is 0.256 e. The molecule has 1 saturated heterocycles. The maximum Gasteiger partial charge on any atom is 0.256 e. The Morgan fingerprint density at radius 1 is 0.763 bits per heavy atom. The van der Waals surface area contributed by atoms with Crippen LogP contribution in [0.4, 0.5) is 11.4 Å². The average molecular weight is 861 g/mol. The molecule has 3 amide bonds. The number of hydrogen-bond acceptors (Lipinski definition) is 13. The fourth-order valence-electron chi connectivity index (χ4n) is 7.18. The second-order valence-electron chi connectivity index (χ2n) is 17.9. The molecule has 59 heavy (non-hydrogen) atoms. The van der Waals surface area contributed by atoms with E-state index in [2.05, 4.69) is 39.3 Å². The van der Waals surface area contributed by atoms with E-state index in [1.807, 2.05) is 0 Å². The molecule has 0 saturated carbocycles. The maximum absolute atomic E-state index is 14.0. The Morgan fingerprint density at radius 3 is 1.88 bits per heavy atom. The van der Waals surface area contributed by atoms with E-state index in [4.69, 9.17) is 28.4 Å². The van der Waals surface area contributed by atoms with Crippen LogP contribution in [-0.2, 0) is 19.1 Å². The standard InChI is InChI=1S/C41H64N4O12Si2/c1-27(46)22-42-24-38(48)44(25-54-13-15-58(4,5)6)31-20-36(34(52-2)18-29(31)39(42)49)56-11-10-12-57-37-21-32-30(19-35(37)53-3)40(50)43-23-28(47)17-33(43)41(51)45(32)26-55-14-16-59(7,8)9/h18-21,27-28,33,40,46-47,50H,10-17,22-26H2,1-9H3/t27-,28-,33+,40?/m1/s1. The Hall–Kier alpha value is -3.76. The number of amides is 3. The Balaban J connectivity index is 1.33. The van der Waals surface area contributed by atoms with Crippen LogP contribution in [0.25, 0.3) is 0 Å². The van der Waals surface area contributed by atoms with Crippen LogP contribution < -0.4 is 28.7 Å². The van der Waals surface area contributed by atoms with Gasteiger partial charge >= 0.3 is 0 Å². The number of benzene rings is 2. The highest BCUT2D eigenvalue weighted by molar-refractivity contribution is 6.76. The normalized spacial score (nSPS) is 20.5. The summed E-state index contributed by atoms with van der Waals surface area (Å²) in [5.74, 6) is 0.263. The van der Waals surface area contributed by atoms with Crippen LogP contribution in [0.2, 0.25) is 51.4 Å². The summed E-state index contributed by atoms with van der Waals surface area (Å²) in [6, 6.07) is 7.60. The lowest BCUT2D eigenvalue weighted by atomic mass is 10.1. The third-order valence-corrected chi connectivity index (χ3v) is 13.9. The highest BCUT2D eigenvalue weighted by Crippen LogP contribution is 2.44. The molecule has 0 aromatic heterocycles. The zero-order chi connectivity index (χ0) is 43.2. The molecule has 0 spiro atoms. The van der Waals surface area contributed by atoms with Gasteiger partial charge in [0.05, 0.1) is 62.6 Å². The van der Waals surface area contributed by atoms with E-state index >= 15 is 0 Å². The minimum Gasteiger partial charge on any atom is -0.493 e. The van der Waals surface area contributed by atoms with Gasteiger partial charge in [-0.1, -0.05) is 39.3 Å². The lowest BCUT2D eigenvalue weighted by molar-refractivity contribution is -0.127. The second kappa shape index (κ2) is 19.7. The monoisotopic (exact) mass is 860 g/mol. The van der Waals surface area contributed by atoms with Gasteiger partial charge in [0, 0.05) is 66.6 Å². The first-order chi connectivity index (χ1) is 27.8. The van der Waals surface area contributed by atoms with Crippen LogP contribution >= 0.6 is 0 Å². The molecule has 1 fully saturated rings. The molecule has 0 aliphatic carbocycles. The molecule has 18 heteroatoms. The van der Waals surface area contributed by atoms with Gasteiger partial charge in [-0.05, 0) is 37.6 Å². The summed E-state index contributed by atoms with van der Waals surface area (Å²) in [6.45, 7) is 16.2. The van der Waals surface area contributed by atoms with Gasteiger partial charge in [0.2, 0.25) is 11.8 Å². The summed E-state index contributed by atoms with van der Waals surface area (Å²) in [5.41, 5.74) is 1.42. The van der Waals surface area contributed by atoms with Crippen LogP contribution in [0.3, 0.4) is 0 Å². The number of aliphatic hydroxyl groups excluding tert-OH is 3. The van der Waals surface area contributed by atoms with E-state index < -0.39 is 46.5 Å². The van der Waals surface area contributed by atoms with Gasteiger partial charge in [-0.2, -0.15) is 0 Å². The molecule has 2 aromatic rings. The molecule has 328 valence electrons. The molecule has 3 aliphatic rings. The molecular weight excluding hydrogens is 797 g/mol. The lowest BCUT2D eigenvalue weighted by Crippen LogP contribution is -2.45. The number of aliphatic hydroxyl groups is 3. The lowest BCUT2D eigenvalue weighted by Gasteiger charge is -2.27. The highest BCUT2D eigenvalue weighted by Gasteiger charge is 2.46. The predicted molar refractivity (Wildman–Crippen MR) is 228 cm³/mol. The fraction of sp³-hybridized carbons (Fsp3) is 0.634. The first-order valence-corrected chi connectivity index (χ1v) is 27.8. The summed E-state index contributed by atoms with van der Waals surface area (Å²) in [7, 11) is 0.165. The first kappa shape index (κ1) is 46.3. The van der Waals surface area contributed by atoms with Gasteiger partial charge in [0.15, 0.2) is 23.0 Å². The number of fused-ring (bicyclic) bond motifs is 3. The van der Waals surface area contributed by atoms with Crippen molar-refractivity contribution in [3.8, 4) is 23.0 Å². The Kier molecular flexibility index (Phi) is 15.5. The SMILES string of the molecule is COc1cc2c(cc1OCCCOc1cc3c(cc1OC)C(O)N1C[C@H](O)C[C@H]1C(=O)N3COCC[Si](C)(C)C)N(COCC[Si](C)(C)C)C(=O)CN(C[C@@H](C)O)C2=O. The Morgan fingerprint density at radius 2 is 1.32 bits per heavy atom. The Labute approximate surface area is 349 Å². The van der Waals surface area contributed by atoms with Gasteiger partial charge in [-0.25, -0.2) is 0 Å². The van der Waals surface area contributed by atoms with E-state index in [-0.39, 0.29) is 70.1 Å². The fourth-order valence-corrected chi connectivity index (χ4v) is 8.69. The third kappa shape index (κ3) is 11.8. The van der Waals surface area contributed by atoms with Crippen LogP contribution in [0.5, 0.6) is 23.0 Å². The largest absolute Gasteiger partial charge is 0.493 e. The summed E-state index contributed by atoms with van der Waals surface area (Å²) in [4.78, 5) is 47.2. The second-order valence-corrected chi connectivity index (χ2v) is 29.2. The zero-order valence-electron chi connectivity index (χ0n) is 36.1. The van der Waals surface area contributed by atoms with Crippen molar-refractivity contribution in [3.63, 3.8) is 0 Å². The van der Waals surface area contributed by atoms with Crippen LogP contribution in [0.1, 0.15) is 41.9 Å². The van der Waals surface area contributed by atoms with Crippen LogP contribution in [0, 0.1) is 0 Å².